The summed E-state index contributed by atoms with van der Waals surface area (Å²) in [6, 6.07) is 0. The summed E-state index contributed by atoms with van der Waals surface area (Å²) in [5.74, 6) is -0.408. The zero-order valence-electron chi connectivity index (χ0n) is 46.5. The molecule has 0 aromatic rings. The summed E-state index contributed by atoms with van der Waals surface area (Å²) in [6.07, 6.45) is 80.3. The first-order valence-corrected chi connectivity index (χ1v) is 30.1. The van der Waals surface area contributed by atoms with E-state index in [1.807, 2.05) is 0 Å². The van der Waals surface area contributed by atoms with Crippen LogP contribution in [-0.2, 0) is 23.8 Å². The number of hydrogen-bond acceptors (Lipinski definition) is 5. The standard InChI is InChI=1S/C65H114O5/c1-4-7-10-13-16-19-22-25-28-31-33-35-37-40-43-46-49-52-55-58-64(66)69-62-63(61-68-60-57-54-51-48-45-42-39-36-32-29-26-23-20-17-14-11-8-5-2)70-65(67)59-56-53-50-47-44-41-38-34-30-27-24-21-18-15-12-9-6-3/h8,11,16-21,25-30,63H,4-7,9-10,12-15,22-24,31-62H2,1-3H3/b11-8-,19-16-,20-17-,21-18-,28-25-,29-26-,30-27-. The smallest absolute Gasteiger partial charge is 0.306 e. The van der Waals surface area contributed by atoms with E-state index < -0.39 is 6.10 Å². The van der Waals surface area contributed by atoms with Crippen LogP contribution in [0, 0.1) is 0 Å². The summed E-state index contributed by atoms with van der Waals surface area (Å²) in [7, 11) is 0. The van der Waals surface area contributed by atoms with Gasteiger partial charge in [-0.1, -0.05) is 247 Å². The average Bonchev–Trinajstić information content (AvgIpc) is 3.36. The molecule has 0 N–H and O–H groups in total. The molecule has 0 aromatic heterocycles. The van der Waals surface area contributed by atoms with Crippen molar-refractivity contribution < 1.29 is 23.8 Å². The van der Waals surface area contributed by atoms with Crippen molar-refractivity contribution in [3.05, 3.63) is 85.1 Å². The highest BCUT2D eigenvalue weighted by molar-refractivity contribution is 5.70. The van der Waals surface area contributed by atoms with Gasteiger partial charge in [0, 0.05) is 19.4 Å². The molecule has 1 atom stereocenters. The Bertz CT molecular complexity index is 1290. The molecule has 0 fully saturated rings. The van der Waals surface area contributed by atoms with Crippen LogP contribution in [0.2, 0.25) is 0 Å². The number of carbonyl (C=O) groups is 2. The maximum atomic E-state index is 12.9. The van der Waals surface area contributed by atoms with Crippen molar-refractivity contribution in [2.45, 2.75) is 297 Å². The van der Waals surface area contributed by atoms with E-state index in [4.69, 9.17) is 14.2 Å². The maximum absolute atomic E-state index is 12.9. The van der Waals surface area contributed by atoms with E-state index in [1.165, 1.54) is 180 Å². The van der Waals surface area contributed by atoms with Gasteiger partial charge in [0.25, 0.3) is 0 Å². The first-order chi connectivity index (χ1) is 34.6. The summed E-state index contributed by atoms with van der Waals surface area (Å²) < 4.78 is 17.5. The summed E-state index contributed by atoms with van der Waals surface area (Å²) in [6.45, 7) is 7.67. The molecule has 0 aliphatic carbocycles. The third-order valence-corrected chi connectivity index (χ3v) is 12.9. The van der Waals surface area contributed by atoms with E-state index in [9.17, 15) is 9.59 Å². The third kappa shape index (κ3) is 57.7. The predicted molar refractivity (Wildman–Crippen MR) is 307 cm³/mol. The first-order valence-electron chi connectivity index (χ1n) is 30.1. The molecule has 0 saturated heterocycles. The normalized spacial score (nSPS) is 12.8. The van der Waals surface area contributed by atoms with Gasteiger partial charge < -0.3 is 14.2 Å². The monoisotopic (exact) mass is 975 g/mol. The molecule has 0 rings (SSSR count). The van der Waals surface area contributed by atoms with Crippen molar-refractivity contribution in [1.29, 1.82) is 0 Å². The largest absolute Gasteiger partial charge is 0.462 e. The van der Waals surface area contributed by atoms with Gasteiger partial charge in [-0.15, -0.1) is 0 Å². The minimum absolute atomic E-state index is 0.0747. The van der Waals surface area contributed by atoms with Crippen LogP contribution in [0.3, 0.4) is 0 Å². The van der Waals surface area contributed by atoms with Gasteiger partial charge in [-0.2, -0.15) is 0 Å². The highest BCUT2D eigenvalue weighted by Gasteiger charge is 2.17. The van der Waals surface area contributed by atoms with Crippen LogP contribution in [-0.4, -0.2) is 37.9 Å². The van der Waals surface area contributed by atoms with Gasteiger partial charge in [-0.05, 0) is 116 Å². The lowest BCUT2D eigenvalue weighted by Gasteiger charge is -2.18. The van der Waals surface area contributed by atoms with Crippen LogP contribution in [0.1, 0.15) is 290 Å². The highest BCUT2D eigenvalue weighted by Crippen LogP contribution is 2.15. The van der Waals surface area contributed by atoms with Gasteiger partial charge in [0.2, 0.25) is 0 Å². The second-order valence-electron chi connectivity index (χ2n) is 19.9. The summed E-state index contributed by atoms with van der Waals surface area (Å²) in [5, 5.41) is 0. The van der Waals surface area contributed by atoms with E-state index in [0.717, 1.165) is 77.0 Å². The lowest BCUT2D eigenvalue weighted by Crippen LogP contribution is -2.30. The van der Waals surface area contributed by atoms with Crippen molar-refractivity contribution >= 4 is 11.9 Å². The molecule has 0 radical (unpaired) electrons. The number of hydrogen-bond donors (Lipinski definition) is 0. The Morgan fingerprint density at radius 2 is 0.643 bits per heavy atom. The van der Waals surface area contributed by atoms with Crippen LogP contribution >= 0.6 is 0 Å². The molecule has 0 aliphatic rings. The molecule has 0 saturated carbocycles. The Morgan fingerprint density at radius 1 is 0.329 bits per heavy atom. The molecule has 0 aromatic carbocycles. The lowest BCUT2D eigenvalue weighted by molar-refractivity contribution is -0.163. The van der Waals surface area contributed by atoms with Gasteiger partial charge in [-0.3, -0.25) is 9.59 Å². The quantitative estimate of drug-likeness (QED) is 0.0345. The Balaban J connectivity index is 4.30. The van der Waals surface area contributed by atoms with Gasteiger partial charge in [-0.25, -0.2) is 0 Å². The van der Waals surface area contributed by atoms with Gasteiger partial charge in [0.1, 0.15) is 6.61 Å². The van der Waals surface area contributed by atoms with Crippen LogP contribution in [0.25, 0.3) is 0 Å². The molecule has 0 aliphatic heterocycles. The van der Waals surface area contributed by atoms with Crippen LogP contribution < -0.4 is 0 Å². The highest BCUT2D eigenvalue weighted by atomic mass is 16.6. The number of esters is 2. The lowest BCUT2D eigenvalue weighted by atomic mass is 10.1. The Morgan fingerprint density at radius 3 is 1.03 bits per heavy atom. The predicted octanol–water partition coefficient (Wildman–Crippen LogP) is 20.8. The number of rotatable bonds is 55. The van der Waals surface area contributed by atoms with E-state index in [0.29, 0.717) is 19.4 Å². The van der Waals surface area contributed by atoms with Crippen molar-refractivity contribution in [2.75, 3.05) is 19.8 Å². The maximum Gasteiger partial charge on any atom is 0.306 e. The minimum Gasteiger partial charge on any atom is -0.462 e. The number of ether oxygens (including phenoxy) is 3. The molecule has 0 heterocycles. The summed E-state index contributed by atoms with van der Waals surface area (Å²) in [4.78, 5) is 25.6. The molecular formula is C65H114O5. The topological polar surface area (TPSA) is 61.8 Å². The molecule has 5 heteroatoms. The molecule has 0 amide bonds. The van der Waals surface area contributed by atoms with Gasteiger partial charge in [0.15, 0.2) is 6.10 Å². The number of carbonyl (C=O) groups excluding carboxylic acids is 2. The zero-order valence-corrected chi connectivity index (χ0v) is 46.5. The van der Waals surface area contributed by atoms with Crippen LogP contribution in [0.5, 0.6) is 0 Å². The fourth-order valence-corrected chi connectivity index (χ4v) is 8.41. The van der Waals surface area contributed by atoms with Gasteiger partial charge >= 0.3 is 11.9 Å². The average molecular weight is 976 g/mol. The second kappa shape index (κ2) is 60.4. The van der Waals surface area contributed by atoms with Crippen molar-refractivity contribution in [3.63, 3.8) is 0 Å². The molecule has 0 spiro atoms. The minimum atomic E-state index is -0.551. The van der Waals surface area contributed by atoms with Crippen LogP contribution in [0.15, 0.2) is 85.1 Å². The van der Waals surface area contributed by atoms with E-state index >= 15 is 0 Å². The Kier molecular flexibility index (Phi) is 57.9. The van der Waals surface area contributed by atoms with Crippen molar-refractivity contribution in [2.24, 2.45) is 0 Å². The van der Waals surface area contributed by atoms with Crippen LogP contribution in [0.4, 0.5) is 0 Å². The third-order valence-electron chi connectivity index (χ3n) is 12.9. The fraction of sp³-hybridized carbons (Fsp3) is 0.754. The Hall–Kier alpha value is -2.92. The van der Waals surface area contributed by atoms with E-state index in [1.54, 1.807) is 0 Å². The molecule has 5 nitrogen and oxygen atoms in total. The molecule has 1 unspecified atom stereocenters. The van der Waals surface area contributed by atoms with E-state index in [2.05, 4.69) is 106 Å². The zero-order chi connectivity index (χ0) is 50.6. The molecular weight excluding hydrogens is 861 g/mol. The first kappa shape index (κ1) is 67.1. The van der Waals surface area contributed by atoms with E-state index in [-0.39, 0.29) is 25.2 Å². The van der Waals surface area contributed by atoms with Gasteiger partial charge in [0.05, 0.1) is 6.61 Å². The van der Waals surface area contributed by atoms with Crippen molar-refractivity contribution in [3.8, 4) is 0 Å². The summed E-state index contributed by atoms with van der Waals surface area (Å²) >= 11 is 0. The molecule has 0 bridgehead atoms. The number of unbranched alkanes of at least 4 members (excludes halogenated alkanes) is 30. The Labute approximate surface area is 435 Å². The second-order valence-corrected chi connectivity index (χ2v) is 19.9. The fourth-order valence-electron chi connectivity index (χ4n) is 8.41. The molecule has 70 heavy (non-hydrogen) atoms. The number of allylic oxidation sites excluding steroid dienone is 14. The molecule has 404 valence electrons. The van der Waals surface area contributed by atoms with Crippen molar-refractivity contribution in [1.82, 2.24) is 0 Å². The SMILES string of the molecule is CC/C=C\C/C=C\C/C=C\CCCCCCCCCCOCC(COC(=O)CCCCCCCCCCC/C=C\C/C=C\CCCCC)OC(=O)CCCCCCCCC/C=C\C/C=C\CCCCC. The summed E-state index contributed by atoms with van der Waals surface area (Å²) in [5.41, 5.74) is 0.